The first kappa shape index (κ1) is 27.2. The molecule has 3 N–H and O–H groups in total. The number of urea groups is 1. The van der Waals surface area contributed by atoms with E-state index in [1.807, 2.05) is 24.3 Å². The van der Waals surface area contributed by atoms with E-state index in [-0.39, 0.29) is 16.8 Å². The highest BCUT2D eigenvalue weighted by molar-refractivity contribution is 8.00. The molecule has 0 saturated carbocycles. The number of nitrogens with zero attached hydrogens (tertiary/aromatic N) is 2. The van der Waals surface area contributed by atoms with Crippen LogP contribution in [0.15, 0.2) is 58.4 Å². The number of hydrogen-bond donors (Lipinski definition) is 2. The summed E-state index contributed by atoms with van der Waals surface area (Å²) >= 11 is 7.86. The number of benzene rings is 2. The number of thiazole rings is 1. The van der Waals surface area contributed by atoms with Crippen LogP contribution in [-0.2, 0) is 26.3 Å². The molecule has 3 aromatic rings. The van der Waals surface area contributed by atoms with E-state index in [1.54, 1.807) is 24.3 Å². The van der Waals surface area contributed by atoms with Crippen molar-refractivity contribution in [2.75, 3.05) is 5.32 Å². The van der Waals surface area contributed by atoms with Crippen LogP contribution in [-0.4, -0.2) is 38.5 Å². The van der Waals surface area contributed by atoms with Crippen LogP contribution < -0.4 is 15.9 Å². The minimum absolute atomic E-state index is 0.109. The molecule has 0 spiro atoms. The molecule has 1 aromatic heterocycles. The molecule has 12 heteroatoms. The minimum atomic E-state index is -1.13. The molecule has 1 fully saturated rings. The van der Waals surface area contributed by atoms with E-state index >= 15 is 0 Å². The first-order valence-electron chi connectivity index (χ1n) is 12.1. The monoisotopic (exact) mass is 584 g/mol. The molecule has 3 unspecified atom stereocenters. The van der Waals surface area contributed by atoms with Gasteiger partial charge in [-0.3, -0.25) is 23.7 Å². The molecule has 0 radical (unpaired) electrons. The first-order chi connectivity index (χ1) is 18.4. The molecule has 0 bridgehead atoms. The molecule has 0 aliphatic carbocycles. The summed E-state index contributed by atoms with van der Waals surface area (Å²) in [6.45, 7) is 5.95. The number of amides is 5. The van der Waals surface area contributed by atoms with Crippen LogP contribution in [0.5, 0.6) is 0 Å². The Morgan fingerprint density at radius 3 is 2.23 bits per heavy atom. The first-order valence-corrected chi connectivity index (χ1v) is 14.2. The second-order valence-electron chi connectivity index (χ2n) is 10.4. The molecule has 5 rings (SSSR count). The Hall–Kier alpha value is -3.41. The van der Waals surface area contributed by atoms with E-state index in [0.29, 0.717) is 25.5 Å². The average Bonchev–Trinajstić information content (AvgIpc) is 3.31. The van der Waals surface area contributed by atoms with Crippen molar-refractivity contribution in [1.29, 1.82) is 0 Å². The maximum Gasteiger partial charge on any atom is 0.328 e. The standard InChI is InChI=1S/C27H25ClN4O5S2/c1-27(2,3)14-6-4-13(5-7-14)18-19-20(23(35)32(22(19)34)25(29)36)38-24-21(18)39-26(37)31(24)12-17(33)30-16-10-8-15(28)9-11-16/h4-11,18-20H,12H2,1-3H3,(H2,29,36)(H,30,33). The zero-order valence-electron chi connectivity index (χ0n) is 21.3. The number of nitrogens with two attached hydrogens (primary N) is 1. The number of carbonyl (C=O) groups excluding carboxylic acids is 4. The zero-order chi connectivity index (χ0) is 28.2. The zero-order valence-corrected chi connectivity index (χ0v) is 23.7. The lowest BCUT2D eigenvalue weighted by atomic mass is 9.81. The van der Waals surface area contributed by atoms with Crippen LogP contribution >= 0.6 is 34.7 Å². The molecule has 2 aliphatic heterocycles. The van der Waals surface area contributed by atoms with Gasteiger partial charge in [0.2, 0.25) is 11.8 Å². The predicted octanol–water partition coefficient (Wildman–Crippen LogP) is 4.17. The fraction of sp³-hybridized carbons (Fsp3) is 0.296. The molecule has 1 saturated heterocycles. The number of fused-ring (bicyclic) bond motifs is 2. The van der Waals surface area contributed by atoms with Gasteiger partial charge in [0.15, 0.2) is 0 Å². The van der Waals surface area contributed by atoms with Crippen molar-refractivity contribution in [3.05, 3.63) is 79.2 Å². The summed E-state index contributed by atoms with van der Waals surface area (Å²) in [4.78, 5) is 65.3. The summed E-state index contributed by atoms with van der Waals surface area (Å²) in [5, 5.41) is 2.71. The second kappa shape index (κ2) is 9.96. The number of hydrogen-bond acceptors (Lipinski definition) is 7. The van der Waals surface area contributed by atoms with E-state index in [4.69, 9.17) is 17.3 Å². The maximum absolute atomic E-state index is 13.3. The summed E-state index contributed by atoms with van der Waals surface area (Å²) in [5.74, 6) is -3.44. The van der Waals surface area contributed by atoms with Crippen LogP contribution in [0.3, 0.4) is 0 Å². The van der Waals surface area contributed by atoms with Gasteiger partial charge < -0.3 is 11.1 Å². The number of likely N-dealkylation sites (tertiary alicyclic amines) is 1. The van der Waals surface area contributed by atoms with Gasteiger partial charge in [0, 0.05) is 21.5 Å². The maximum atomic E-state index is 13.3. The lowest BCUT2D eigenvalue weighted by Crippen LogP contribution is -2.41. The van der Waals surface area contributed by atoms with Gasteiger partial charge in [-0.25, -0.2) is 4.79 Å². The molecule has 2 aromatic carbocycles. The van der Waals surface area contributed by atoms with E-state index in [2.05, 4.69) is 26.1 Å². The van der Waals surface area contributed by atoms with Crippen LogP contribution in [0.2, 0.25) is 5.02 Å². The van der Waals surface area contributed by atoms with Crippen LogP contribution in [0, 0.1) is 5.92 Å². The van der Waals surface area contributed by atoms with Crippen molar-refractivity contribution >= 4 is 64.1 Å². The molecule has 202 valence electrons. The van der Waals surface area contributed by atoms with Crippen molar-refractivity contribution in [1.82, 2.24) is 9.47 Å². The molecule has 3 atom stereocenters. The quantitative estimate of drug-likeness (QED) is 0.443. The van der Waals surface area contributed by atoms with Gasteiger partial charge in [0.1, 0.15) is 11.8 Å². The van der Waals surface area contributed by atoms with Gasteiger partial charge in [0.05, 0.1) is 10.9 Å². The Balaban J connectivity index is 1.56. The number of imide groups is 3. The molecular formula is C27H25ClN4O5S2. The highest BCUT2D eigenvalue weighted by Crippen LogP contribution is 2.53. The van der Waals surface area contributed by atoms with Gasteiger partial charge in [-0.2, -0.15) is 4.90 Å². The van der Waals surface area contributed by atoms with Crippen molar-refractivity contribution in [2.24, 2.45) is 11.7 Å². The smallest absolute Gasteiger partial charge is 0.328 e. The molecule has 3 heterocycles. The topological polar surface area (TPSA) is 132 Å². The van der Waals surface area contributed by atoms with Gasteiger partial charge in [-0.15, -0.1) is 0 Å². The van der Waals surface area contributed by atoms with E-state index in [0.717, 1.165) is 34.2 Å². The highest BCUT2D eigenvalue weighted by Gasteiger charge is 2.57. The minimum Gasteiger partial charge on any atom is -0.351 e. The average molecular weight is 585 g/mol. The highest BCUT2D eigenvalue weighted by atomic mass is 35.5. The lowest BCUT2D eigenvalue weighted by Gasteiger charge is -2.31. The van der Waals surface area contributed by atoms with E-state index in [9.17, 15) is 24.0 Å². The number of nitrogens with one attached hydrogen (secondary N) is 1. The van der Waals surface area contributed by atoms with E-state index in [1.165, 1.54) is 4.57 Å². The summed E-state index contributed by atoms with van der Waals surface area (Å²) in [6.07, 6.45) is 0. The number of carbonyl (C=O) groups is 4. The number of aromatic nitrogens is 1. The van der Waals surface area contributed by atoms with Crippen LogP contribution in [0.4, 0.5) is 10.5 Å². The summed E-state index contributed by atoms with van der Waals surface area (Å²) in [7, 11) is 0. The van der Waals surface area contributed by atoms with Crippen LogP contribution in [0.25, 0.3) is 0 Å². The largest absolute Gasteiger partial charge is 0.351 e. The lowest BCUT2D eigenvalue weighted by molar-refractivity contribution is -0.135. The van der Waals surface area contributed by atoms with Crippen molar-refractivity contribution in [3.63, 3.8) is 0 Å². The number of rotatable bonds is 4. The number of primary amides is 1. The molecule has 5 amide bonds. The fourth-order valence-corrected chi connectivity index (χ4v) is 7.80. The number of halogens is 1. The SMILES string of the molecule is CC(C)(C)c1ccc(C2c3sc(=O)n(CC(=O)Nc4ccc(Cl)cc4)c3SC3C(=O)N(C(N)=O)C(=O)C32)cc1. The normalized spacial score (nSPS) is 20.5. The Labute approximate surface area is 237 Å². The van der Waals surface area contributed by atoms with Crippen molar-refractivity contribution < 1.29 is 19.2 Å². The van der Waals surface area contributed by atoms with Gasteiger partial charge >= 0.3 is 10.9 Å². The molecule has 9 nitrogen and oxygen atoms in total. The Bertz CT molecular complexity index is 1560. The van der Waals surface area contributed by atoms with Crippen molar-refractivity contribution in [3.8, 4) is 0 Å². The number of thioether (sulfide) groups is 1. The summed E-state index contributed by atoms with van der Waals surface area (Å²) in [6, 6.07) is 13.1. The third kappa shape index (κ3) is 4.90. The molecule has 39 heavy (non-hydrogen) atoms. The Morgan fingerprint density at radius 1 is 1.00 bits per heavy atom. The van der Waals surface area contributed by atoms with Gasteiger partial charge in [-0.05, 0) is 40.8 Å². The third-order valence-corrected chi connectivity index (χ3v) is 9.69. The van der Waals surface area contributed by atoms with Gasteiger partial charge in [0.25, 0.3) is 5.91 Å². The van der Waals surface area contributed by atoms with Crippen molar-refractivity contribution in [2.45, 2.75) is 48.9 Å². The van der Waals surface area contributed by atoms with Crippen LogP contribution in [0.1, 0.15) is 42.7 Å². The second-order valence-corrected chi connectivity index (χ2v) is 13.0. The third-order valence-electron chi connectivity index (χ3n) is 6.84. The molecular weight excluding hydrogens is 560 g/mol. The summed E-state index contributed by atoms with van der Waals surface area (Å²) in [5.41, 5.74) is 7.60. The Morgan fingerprint density at radius 2 is 1.64 bits per heavy atom. The fourth-order valence-electron chi connectivity index (χ4n) is 4.90. The number of anilines is 1. The van der Waals surface area contributed by atoms with Gasteiger partial charge in [-0.1, -0.05) is 79.7 Å². The Kier molecular flexibility index (Phi) is 6.94. The molecule has 2 aliphatic rings. The van der Waals surface area contributed by atoms with E-state index < -0.39 is 40.8 Å². The predicted molar refractivity (Wildman–Crippen MR) is 150 cm³/mol. The summed E-state index contributed by atoms with van der Waals surface area (Å²) < 4.78 is 1.31.